The summed E-state index contributed by atoms with van der Waals surface area (Å²) in [5.74, 6) is 6.53. The van der Waals surface area contributed by atoms with E-state index in [0.29, 0.717) is 12.6 Å². The Kier molecular flexibility index (Phi) is 6.02. The number of hydrogen-bond donors (Lipinski definition) is 2. The maximum Gasteiger partial charge on any atom is 0.311 e. The minimum atomic E-state index is -0.265. The van der Waals surface area contributed by atoms with Crippen molar-refractivity contribution in [1.82, 2.24) is 10.3 Å². The fraction of sp³-hybridized carbons (Fsp3) is 0.938. The largest absolute Gasteiger partial charge is 0.466 e. The Morgan fingerprint density at radius 1 is 1.29 bits per heavy atom. The zero-order valence-electron chi connectivity index (χ0n) is 13.6. The fourth-order valence-electron chi connectivity index (χ4n) is 3.46. The van der Waals surface area contributed by atoms with Crippen molar-refractivity contribution in [2.45, 2.75) is 58.4 Å². The first kappa shape index (κ1) is 16.7. The second kappa shape index (κ2) is 7.56. The van der Waals surface area contributed by atoms with E-state index in [1.165, 1.54) is 12.8 Å². The number of nitrogens with two attached hydrogens (primary N) is 1. The van der Waals surface area contributed by atoms with Crippen LogP contribution in [0.1, 0.15) is 52.4 Å². The average Bonchev–Trinajstić information content (AvgIpc) is 2.49. The molecule has 0 atom stereocenters. The summed E-state index contributed by atoms with van der Waals surface area (Å²) in [6, 6.07) is 0.559. The molecular weight excluding hydrogens is 266 g/mol. The smallest absolute Gasteiger partial charge is 0.311 e. The lowest BCUT2D eigenvalue weighted by Gasteiger charge is -2.36. The van der Waals surface area contributed by atoms with E-state index < -0.39 is 0 Å². The molecule has 1 heterocycles. The van der Waals surface area contributed by atoms with Gasteiger partial charge in [-0.05, 0) is 64.8 Å². The molecule has 21 heavy (non-hydrogen) atoms. The van der Waals surface area contributed by atoms with Crippen LogP contribution in [-0.4, -0.2) is 43.3 Å². The number of ether oxygens (including phenoxy) is 1. The normalized spacial score (nSPS) is 32.0. The van der Waals surface area contributed by atoms with E-state index in [0.717, 1.165) is 51.2 Å². The highest BCUT2D eigenvalue weighted by Gasteiger charge is 2.38. The number of hydrazine groups is 1. The second-order valence-corrected chi connectivity index (χ2v) is 6.94. The Morgan fingerprint density at radius 2 is 1.90 bits per heavy atom. The Hall–Kier alpha value is -0.650. The van der Waals surface area contributed by atoms with Gasteiger partial charge in [0.25, 0.3) is 0 Å². The monoisotopic (exact) mass is 297 g/mol. The van der Waals surface area contributed by atoms with Gasteiger partial charge in [-0.3, -0.25) is 10.6 Å². The zero-order valence-corrected chi connectivity index (χ0v) is 13.6. The van der Waals surface area contributed by atoms with Crippen LogP contribution in [0.2, 0.25) is 0 Å². The van der Waals surface area contributed by atoms with Crippen molar-refractivity contribution < 1.29 is 9.53 Å². The Balaban J connectivity index is 1.68. The Morgan fingerprint density at radius 3 is 2.48 bits per heavy atom. The summed E-state index contributed by atoms with van der Waals surface area (Å²) in [5, 5.41) is 5.62. The third kappa shape index (κ3) is 4.66. The van der Waals surface area contributed by atoms with Crippen LogP contribution in [0.4, 0.5) is 0 Å². The number of nitrogens with one attached hydrogen (secondary N) is 1. The van der Waals surface area contributed by atoms with E-state index in [1.54, 1.807) is 0 Å². The molecule has 0 amide bonds. The maximum atomic E-state index is 12.0. The van der Waals surface area contributed by atoms with Crippen molar-refractivity contribution in [2.75, 3.05) is 26.2 Å². The molecule has 2 aliphatic rings. The van der Waals surface area contributed by atoms with Gasteiger partial charge < -0.3 is 10.1 Å². The van der Waals surface area contributed by atoms with Crippen molar-refractivity contribution in [3.63, 3.8) is 0 Å². The highest BCUT2D eigenvalue weighted by Crippen LogP contribution is 2.37. The van der Waals surface area contributed by atoms with Gasteiger partial charge >= 0.3 is 5.97 Å². The number of hydrogen-bond acceptors (Lipinski definition) is 5. The first-order valence-electron chi connectivity index (χ1n) is 8.44. The van der Waals surface area contributed by atoms with Gasteiger partial charge in [0.05, 0.1) is 12.0 Å². The molecule has 0 aromatic heterocycles. The van der Waals surface area contributed by atoms with Gasteiger partial charge in [-0.2, -0.15) is 0 Å². The average molecular weight is 297 g/mol. The first-order chi connectivity index (χ1) is 10.0. The zero-order chi connectivity index (χ0) is 15.3. The molecule has 0 bridgehead atoms. The van der Waals surface area contributed by atoms with Gasteiger partial charge in [-0.25, -0.2) is 5.01 Å². The standard InChI is InChI=1S/C16H31N3O2/c1-3-21-15(20)16(2)8-4-14(5-9-16)18-12-13-6-10-19(17)11-7-13/h13-14,18H,3-12,17H2,1-2H3. The van der Waals surface area contributed by atoms with Gasteiger partial charge in [-0.15, -0.1) is 0 Å². The summed E-state index contributed by atoms with van der Waals surface area (Å²) in [6.45, 7) is 7.53. The number of carbonyl (C=O) groups excluding carboxylic acids is 1. The predicted octanol–water partition coefficient (Wildman–Crippen LogP) is 1.67. The lowest BCUT2D eigenvalue weighted by Crippen LogP contribution is -2.45. The lowest BCUT2D eigenvalue weighted by atomic mass is 9.74. The highest BCUT2D eigenvalue weighted by atomic mass is 16.5. The minimum Gasteiger partial charge on any atom is -0.466 e. The number of esters is 1. The third-order valence-corrected chi connectivity index (χ3v) is 5.20. The van der Waals surface area contributed by atoms with E-state index in [2.05, 4.69) is 12.2 Å². The van der Waals surface area contributed by atoms with Gasteiger partial charge in [0, 0.05) is 19.1 Å². The van der Waals surface area contributed by atoms with Gasteiger partial charge in [0.15, 0.2) is 0 Å². The molecule has 5 nitrogen and oxygen atoms in total. The van der Waals surface area contributed by atoms with Crippen LogP contribution in [0.25, 0.3) is 0 Å². The van der Waals surface area contributed by atoms with Crippen LogP contribution in [0.3, 0.4) is 0 Å². The van der Waals surface area contributed by atoms with Gasteiger partial charge in [0.1, 0.15) is 0 Å². The molecule has 1 aliphatic carbocycles. The van der Waals surface area contributed by atoms with E-state index in [-0.39, 0.29) is 11.4 Å². The topological polar surface area (TPSA) is 67.6 Å². The summed E-state index contributed by atoms with van der Waals surface area (Å²) < 4.78 is 5.21. The fourth-order valence-corrected chi connectivity index (χ4v) is 3.46. The molecule has 5 heteroatoms. The molecule has 1 saturated heterocycles. The van der Waals surface area contributed by atoms with Crippen LogP contribution in [0.15, 0.2) is 0 Å². The van der Waals surface area contributed by atoms with Crippen molar-refractivity contribution in [3.8, 4) is 0 Å². The van der Waals surface area contributed by atoms with Crippen molar-refractivity contribution in [2.24, 2.45) is 17.2 Å². The molecule has 0 aromatic rings. The van der Waals surface area contributed by atoms with Crippen molar-refractivity contribution >= 4 is 5.97 Å². The molecule has 1 aliphatic heterocycles. The minimum absolute atomic E-state index is 0.0150. The van der Waals surface area contributed by atoms with Crippen LogP contribution < -0.4 is 11.2 Å². The number of rotatable bonds is 5. The van der Waals surface area contributed by atoms with Crippen LogP contribution in [0, 0.1) is 11.3 Å². The number of carbonyl (C=O) groups is 1. The predicted molar refractivity (Wildman–Crippen MR) is 83.5 cm³/mol. The van der Waals surface area contributed by atoms with Crippen molar-refractivity contribution in [3.05, 3.63) is 0 Å². The first-order valence-corrected chi connectivity index (χ1v) is 8.44. The summed E-state index contributed by atoms with van der Waals surface area (Å²) in [6.07, 6.45) is 6.40. The summed E-state index contributed by atoms with van der Waals surface area (Å²) in [4.78, 5) is 12.0. The molecule has 2 rings (SSSR count). The molecule has 0 aromatic carbocycles. The quantitative estimate of drug-likeness (QED) is 0.597. The van der Waals surface area contributed by atoms with Gasteiger partial charge in [-0.1, -0.05) is 0 Å². The summed E-state index contributed by atoms with van der Waals surface area (Å²) >= 11 is 0. The molecule has 2 fully saturated rings. The van der Waals surface area contributed by atoms with E-state index >= 15 is 0 Å². The van der Waals surface area contributed by atoms with Crippen molar-refractivity contribution in [1.29, 1.82) is 0 Å². The Labute approximate surface area is 128 Å². The third-order valence-electron chi connectivity index (χ3n) is 5.20. The second-order valence-electron chi connectivity index (χ2n) is 6.94. The molecule has 1 saturated carbocycles. The summed E-state index contributed by atoms with van der Waals surface area (Å²) in [5.41, 5.74) is -0.265. The summed E-state index contributed by atoms with van der Waals surface area (Å²) in [7, 11) is 0. The van der Waals surface area contributed by atoms with Crippen LogP contribution >= 0.6 is 0 Å². The SMILES string of the molecule is CCOC(=O)C1(C)CCC(NCC2CCN(N)CC2)CC1. The van der Waals surface area contributed by atoms with E-state index in [4.69, 9.17) is 10.6 Å². The lowest BCUT2D eigenvalue weighted by molar-refractivity contribution is -0.156. The highest BCUT2D eigenvalue weighted by molar-refractivity contribution is 5.76. The van der Waals surface area contributed by atoms with Crippen LogP contribution in [0.5, 0.6) is 0 Å². The molecule has 0 spiro atoms. The van der Waals surface area contributed by atoms with Gasteiger partial charge in [0.2, 0.25) is 0 Å². The molecule has 0 radical (unpaired) electrons. The maximum absolute atomic E-state index is 12.0. The Bertz CT molecular complexity index is 332. The molecule has 3 N–H and O–H groups in total. The van der Waals surface area contributed by atoms with E-state index in [9.17, 15) is 4.79 Å². The molecular formula is C16H31N3O2. The van der Waals surface area contributed by atoms with Crippen LogP contribution in [-0.2, 0) is 9.53 Å². The number of nitrogens with zero attached hydrogens (tertiary/aromatic N) is 1. The molecule has 0 unspecified atom stereocenters. The van der Waals surface area contributed by atoms with E-state index in [1.807, 2.05) is 11.9 Å². The number of piperidine rings is 1. The molecule has 122 valence electrons.